The van der Waals surface area contributed by atoms with Gasteiger partial charge in [0.2, 0.25) is 17.7 Å². The van der Waals surface area contributed by atoms with Crippen LogP contribution in [0, 0.1) is 11.8 Å². The summed E-state index contributed by atoms with van der Waals surface area (Å²) in [6.45, 7) is 1.20. The number of rotatable bonds is 5. The van der Waals surface area contributed by atoms with Gasteiger partial charge in [-0.1, -0.05) is 23.2 Å². The van der Waals surface area contributed by atoms with E-state index in [9.17, 15) is 14.4 Å². The maximum atomic E-state index is 12.6. The van der Waals surface area contributed by atoms with Gasteiger partial charge in [-0.2, -0.15) is 0 Å². The molecule has 0 radical (unpaired) electrons. The van der Waals surface area contributed by atoms with Crippen molar-refractivity contribution in [2.24, 2.45) is 11.8 Å². The van der Waals surface area contributed by atoms with Gasteiger partial charge in [-0.3, -0.25) is 14.4 Å². The predicted octanol–water partition coefficient (Wildman–Crippen LogP) is 3.04. The lowest BCUT2D eigenvalue weighted by molar-refractivity contribution is -0.141. The first-order chi connectivity index (χ1) is 12.8. The monoisotopic (exact) mass is 411 g/mol. The molecule has 1 aliphatic carbocycles. The Balaban J connectivity index is 1.46. The molecule has 2 fully saturated rings. The number of amides is 3. The summed E-state index contributed by atoms with van der Waals surface area (Å²) in [5.41, 5.74) is 0.530. The van der Waals surface area contributed by atoms with Crippen molar-refractivity contribution in [3.05, 3.63) is 28.2 Å². The minimum atomic E-state index is -0.300. The number of nitrogens with zero attached hydrogens (tertiary/aromatic N) is 2. The van der Waals surface area contributed by atoms with Crippen molar-refractivity contribution >= 4 is 46.6 Å². The van der Waals surface area contributed by atoms with Gasteiger partial charge in [-0.15, -0.1) is 0 Å². The molecule has 1 saturated carbocycles. The normalized spacial score (nSPS) is 17.5. The Hall–Kier alpha value is -1.79. The van der Waals surface area contributed by atoms with E-state index in [1.54, 1.807) is 25.2 Å². The lowest BCUT2D eigenvalue weighted by Crippen LogP contribution is -2.45. The molecule has 0 aromatic heterocycles. The van der Waals surface area contributed by atoms with Crippen LogP contribution in [0.15, 0.2) is 18.2 Å². The highest BCUT2D eigenvalue weighted by Gasteiger charge is 2.36. The van der Waals surface area contributed by atoms with E-state index in [2.05, 4.69) is 5.32 Å². The summed E-state index contributed by atoms with van der Waals surface area (Å²) >= 11 is 11.8. The number of likely N-dealkylation sites (tertiary alicyclic amines) is 1. The van der Waals surface area contributed by atoms with Crippen LogP contribution in [0.2, 0.25) is 10.0 Å². The van der Waals surface area contributed by atoms with E-state index in [0.29, 0.717) is 41.7 Å². The Kier molecular flexibility index (Phi) is 6.27. The molecule has 0 spiro atoms. The molecule has 6 nitrogen and oxygen atoms in total. The van der Waals surface area contributed by atoms with Crippen LogP contribution in [0.1, 0.15) is 25.7 Å². The van der Waals surface area contributed by atoms with E-state index >= 15 is 0 Å². The lowest BCUT2D eigenvalue weighted by atomic mass is 9.95. The van der Waals surface area contributed by atoms with Crippen molar-refractivity contribution < 1.29 is 14.4 Å². The third-order valence-corrected chi connectivity index (χ3v) is 5.78. The maximum absolute atomic E-state index is 12.6. The topological polar surface area (TPSA) is 69.7 Å². The second-order valence-corrected chi connectivity index (χ2v) is 8.06. The molecule has 1 aliphatic heterocycles. The van der Waals surface area contributed by atoms with Crippen molar-refractivity contribution in [2.45, 2.75) is 25.7 Å². The van der Waals surface area contributed by atoms with Crippen LogP contribution in [0.5, 0.6) is 0 Å². The summed E-state index contributed by atoms with van der Waals surface area (Å²) in [6.07, 6.45) is 3.29. The molecule has 27 heavy (non-hydrogen) atoms. The third-order valence-electron chi connectivity index (χ3n) is 5.04. The third kappa shape index (κ3) is 5.14. The van der Waals surface area contributed by atoms with Gasteiger partial charge in [0.05, 0.1) is 16.6 Å². The average Bonchev–Trinajstić information content (AvgIpc) is 3.49. The van der Waals surface area contributed by atoms with Crippen LogP contribution >= 0.6 is 23.2 Å². The highest BCUT2D eigenvalue weighted by molar-refractivity contribution is 6.42. The zero-order valence-electron chi connectivity index (χ0n) is 15.2. The predicted molar refractivity (Wildman–Crippen MR) is 105 cm³/mol. The molecule has 1 aromatic rings. The van der Waals surface area contributed by atoms with Gasteiger partial charge in [0.25, 0.3) is 0 Å². The molecule has 0 atom stereocenters. The fourth-order valence-electron chi connectivity index (χ4n) is 3.31. The second kappa shape index (κ2) is 8.48. The van der Waals surface area contributed by atoms with Gasteiger partial charge >= 0.3 is 0 Å². The van der Waals surface area contributed by atoms with Crippen molar-refractivity contribution in [3.63, 3.8) is 0 Å². The van der Waals surface area contributed by atoms with Crippen molar-refractivity contribution in [2.75, 3.05) is 32.0 Å². The Morgan fingerprint density at radius 2 is 1.74 bits per heavy atom. The largest absolute Gasteiger partial charge is 0.342 e. The van der Waals surface area contributed by atoms with Gasteiger partial charge in [0.15, 0.2) is 0 Å². The summed E-state index contributed by atoms with van der Waals surface area (Å²) in [7, 11) is 1.62. The Morgan fingerprint density at radius 1 is 1.07 bits per heavy atom. The summed E-state index contributed by atoms with van der Waals surface area (Å²) < 4.78 is 0. The average molecular weight is 412 g/mol. The molecule has 2 aliphatic rings. The molecule has 1 N–H and O–H groups in total. The number of hydrogen-bond donors (Lipinski definition) is 1. The molecular weight excluding hydrogens is 389 g/mol. The first-order valence-electron chi connectivity index (χ1n) is 9.14. The lowest BCUT2D eigenvalue weighted by Gasteiger charge is -2.33. The van der Waals surface area contributed by atoms with Gasteiger partial charge in [-0.05, 0) is 43.9 Å². The zero-order valence-corrected chi connectivity index (χ0v) is 16.7. The Morgan fingerprint density at radius 3 is 2.33 bits per heavy atom. The Bertz CT molecular complexity index is 744. The van der Waals surface area contributed by atoms with Crippen LogP contribution in [0.3, 0.4) is 0 Å². The molecule has 0 bridgehead atoms. The van der Waals surface area contributed by atoms with Crippen LogP contribution in [0.25, 0.3) is 0 Å². The molecule has 1 aromatic carbocycles. The van der Waals surface area contributed by atoms with E-state index in [4.69, 9.17) is 23.2 Å². The molecule has 8 heteroatoms. The van der Waals surface area contributed by atoms with E-state index in [0.717, 1.165) is 12.8 Å². The van der Waals surface area contributed by atoms with Crippen molar-refractivity contribution in [1.82, 2.24) is 9.80 Å². The van der Waals surface area contributed by atoms with E-state index in [-0.39, 0.29) is 36.1 Å². The number of nitrogens with one attached hydrogen (secondary N) is 1. The van der Waals surface area contributed by atoms with E-state index in [1.165, 1.54) is 4.90 Å². The second-order valence-electron chi connectivity index (χ2n) is 7.25. The first-order valence-corrected chi connectivity index (χ1v) is 9.89. The number of hydrogen-bond acceptors (Lipinski definition) is 3. The van der Waals surface area contributed by atoms with Crippen LogP contribution < -0.4 is 5.32 Å². The highest BCUT2D eigenvalue weighted by Crippen LogP contribution is 2.32. The highest BCUT2D eigenvalue weighted by atomic mass is 35.5. The fourth-order valence-corrected chi connectivity index (χ4v) is 3.61. The summed E-state index contributed by atoms with van der Waals surface area (Å²) in [5, 5.41) is 3.48. The van der Waals surface area contributed by atoms with Crippen molar-refractivity contribution in [3.8, 4) is 0 Å². The van der Waals surface area contributed by atoms with E-state index in [1.807, 2.05) is 4.90 Å². The van der Waals surface area contributed by atoms with Crippen LogP contribution in [-0.2, 0) is 14.4 Å². The number of benzene rings is 1. The summed E-state index contributed by atoms with van der Waals surface area (Å²) in [4.78, 5) is 40.2. The molecular formula is C19H23Cl2N3O3. The van der Waals surface area contributed by atoms with Gasteiger partial charge < -0.3 is 15.1 Å². The molecule has 1 saturated heterocycles. The quantitative estimate of drug-likeness (QED) is 0.809. The molecule has 1 heterocycles. The fraction of sp³-hybridized carbons (Fsp3) is 0.526. The number of likely N-dealkylation sites (N-methyl/N-ethyl adjacent to an activating group) is 1. The SMILES string of the molecule is CN(CC(=O)Nc1ccc(Cl)c(Cl)c1)C(=O)C1CCN(C(=O)C2CC2)CC1. The molecule has 0 unspecified atom stereocenters. The Labute approximate surface area is 168 Å². The minimum Gasteiger partial charge on any atom is -0.342 e. The summed E-state index contributed by atoms with van der Waals surface area (Å²) in [5.74, 6) is -0.0559. The van der Waals surface area contributed by atoms with Gasteiger partial charge in [0.1, 0.15) is 0 Å². The van der Waals surface area contributed by atoms with Crippen molar-refractivity contribution in [1.29, 1.82) is 0 Å². The minimum absolute atomic E-state index is 0.0414. The smallest absolute Gasteiger partial charge is 0.243 e. The standard InChI is InChI=1S/C19H23Cl2N3O3/c1-23(11-17(25)22-14-4-5-15(20)16(21)10-14)18(26)13-6-8-24(9-7-13)19(27)12-2-3-12/h4-5,10,12-13H,2-3,6-9,11H2,1H3,(H,22,25). The molecule has 3 rings (SSSR count). The van der Waals surface area contributed by atoms with Gasteiger partial charge in [0, 0.05) is 37.7 Å². The zero-order chi connectivity index (χ0) is 19.6. The number of halogens is 2. The van der Waals surface area contributed by atoms with Crippen LogP contribution in [0.4, 0.5) is 5.69 Å². The number of carbonyl (C=O) groups excluding carboxylic acids is 3. The van der Waals surface area contributed by atoms with Gasteiger partial charge in [-0.25, -0.2) is 0 Å². The van der Waals surface area contributed by atoms with E-state index < -0.39 is 0 Å². The molecule has 146 valence electrons. The van der Waals surface area contributed by atoms with Crippen LogP contribution in [-0.4, -0.2) is 54.2 Å². The summed E-state index contributed by atoms with van der Waals surface area (Å²) in [6, 6.07) is 4.82. The number of piperidine rings is 1. The number of carbonyl (C=O) groups is 3. The number of anilines is 1. The maximum Gasteiger partial charge on any atom is 0.243 e. The molecule has 3 amide bonds. The first kappa shape index (κ1) is 20.0.